The van der Waals surface area contributed by atoms with Gasteiger partial charge in [-0.15, -0.1) is 6.58 Å². The number of alkyl carbamates (subject to hydrolysis) is 1. The Morgan fingerprint density at radius 1 is 0.983 bits per heavy atom. The smallest absolute Gasteiger partial charge is 0.408 e. The van der Waals surface area contributed by atoms with Crippen molar-refractivity contribution in [3.05, 3.63) is 97.1 Å². The molecule has 6 atom stereocenters. The molecule has 1 saturated heterocycles. The van der Waals surface area contributed by atoms with Crippen LogP contribution in [0.1, 0.15) is 64.9 Å². The van der Waals surface area contributed by atoms with Crippen LogP contribution >= 0.6 is 7.37 Å². The van der Waals surface area contributed by atoms with Crippen LogP contribution in [0, 0.1) is 11.3 Å². The van der Waals surface area contributed by atoms with Crippen molar-refractivity contribution < 1.29 is 42.8 Å². The Morgan fingerprint density at radius 2 is 1.70 bits per heavy atom. The maximum atomic E-state index is 14.9. The Morgan fingerprint density at radius 3 is 2.37 bits per heavy atom. The maximum absolute atomic E-state index is 14.9. The summed E-state index contributed by atoms with van der Waals surface area (Å²) in [7, 11) is -0.917. The number of nitrogens with zero attached hydrogens (tertiary/aromatic N) is 2. The number of amides is 3. The van der Waals surface area contributed by atoms with Gasteiger partial charge in [0.25, 0.3) is 0 Å². The molecule has 3 fully saturated rings. The molecule has 2 heterocycles. The molecule has 1 aliphatic heterocycles. The van der Waals surface area contributed by atoms with Gasteiger partial charge in [-0.25, -0.2) is 9.78 Å². The molecular weight excluding hydrogens is 783 g/mol. The van der Waals surface area contributed by atoms with Gasteiger partial charge >= 0.3 is 6.09 Å². The Hall–Kier alpha value is -5.39. The quantitative estimate of drug-likeness (QED) is 0.0842. The number of hydrogen-bond acceptors (Lipinski definition) is 9. The van der Waals surface area contributed by atoms with Crippen molar-refractivity contribution >= 4 is 36.2 Å². The van der Waals surface area contributed by atoms with E-state index < -0.39 is 60.1 Å². The van der Waals surface area contributed by atoms with E-state index in [1.165, 1.54) is 4.90 Å². The summed E-state index contributed by atoms with van der Waals surface area (Å²) in [6.45, 7) is 9.37. The summed E-state index contributed by atoms with van der Waals surface area (Å²) in [5.41, 5.74) is 1.77. The summed E-state index contributed by atoms with van der Waals surface area (Å²) in [4.78, 5) is 60.9. The first kappa shape index (κ1) is 42.7. The predicted octanol–water partition coefficient (Wildman–Crippen LogP) is 7.84. The van der Waals surface area contributed by atoms with Gasteiger partial charge in [-0.2, -0.15) is 0 Å². The van der Waals surface area contributed by atoms with Crippen LogP contribution in [-0.2, 0) is 25.1 Å². The SMILES string of the molecule is C=C[C@@H]1C[C@]1(NC(=O)[C@@H]1C[C@@H](Oc2cc(-c3ccccc3OC)nc3cc(OC)ccc23)CN1C(=O)C(NC(=O)OC1CCCC1)C(C)(C)C)P(=O)(O)Cc1ccccc1. The molecule has 2 saturated carbocycles. The molecule has 318 valence electrons. The second-order valence-corrected chi connectivity index (χ2v) is 19.6. The number of fused-ring (bicyclic) bond motifs is 1. The topological polar surface area (TPSA) is 166 Å². The normalized spacial score (nSPS) is 23.0. The molecule has 14 heteroatoms. The standard InChI is InChI=1S/C46H55N4O9P/c1-7-30-26-46(30,60(54,55)28-29-15-9-8-10-16-29)49-42(51)38-24-33(27-50(38)43(52)41(45(2,3)4)48-44(53)59-31-17-11-12-18-31)58-40-25-37(34-19-13-14-20-39(34)57-6)47-36-23-32(56-5)21-22-35(36)40/h7-10,13-16,19-23,25,30-31,33,38,41H,1,11-12,17-18,24,26-28H2,2-6H3,(H,48,53)(H,49,51)(H,54,55)/t30-,33-,38+,41?,46+/m1/s1. The Kier molecular flexibility index (Phi) is 12.3. The molecule has 3 aromatic carbocycles. The van der Waals surface area contributed by atoms with Gasteiger partial charge < -0.3 is 39.4 Å². The van der Waals surface area contributed by atoms with E-state index in [1.54, 1.807) is 56.7 Å². The van der Waals surface area contributed by atoms with Crippen LogP contribution in [0.2, 0.25) is 0 Å². The number of carbonyl (C=O) groups is 3. The molecule has 7 rings (SSSR count). The lowest BCUT2D eigenvalue weighted by atomic mass is 9.85. The van der Waals surface area contributed by atoms with Gasteiger partial charge in [0.15, 0.2) is 0 Å². The highest BCUT2D eigenvalue weighted by molar-refractivity contribution is 7.59. The van der Waals surface area contributed by atoms with Crippen molar-refractivity contribution in [2.75, 3.05) is 20.8 Å². The molecule has 3 N–H and O–H groups in total. The molecule has 60 heavy (non-hydrogen) atoms. The number of likely N-dealkylation sites (tertiary alicyclic amines) is 1. The number of benzene rings is 3. The second-order valence-electron chi connectivity index (χ2n) is 17.1. The number of carbonyl (C=O) groups excluding carboxylic acids is 3. The summed E-state index contributed by atoms with van der Waals surface area (Å²) >= 11 is 0. The Balaban J connectivity index is 1.23. The van der Waals surface area contributed by atoms with Crippen LogP contribution in [-0.4, -0.2) is 83.0 Å². The van der Waals surface area contributed by atoms with E-state index in [2.05, 4.69) is 17.2 Å². The average molecular weight is 839 g/mol. The molecule has 2 aliphatic carbocycles. The largest absolute Gasteiger partial charge is 0.497 e. The third-order valence-corrected chi connectivity index (χ3v) is 14.6. The lowest BCUT2D eigenvalue weighted by Gasteiger charge is -2.36. The van der Waals surface area contributed by atoms with Crippen molar-refractivity contribution in [1.29, 1.82) is 0 Å². The minimum Gasteiger partial charge on any atom is -0.497 e. The van der Waals surface area contributed by atoms with Crippen molar-refractivity contribution in [3.63, 3.8) is 0 Å². The Bertz CT molecular complexity index is 2290. The zero-order valence-electron chi connectivity index (χ0n) is 34.9. The zero-order chi connectivity index (χ0) is 42.8. The first-order valence-electron chi connectivity index (χ1n) is 20.5. The van der Waals surface area contributed by atoms with Crippen LogP contribution in [0.15, 0.2) is 91.5 Å². The van der Waals surface area contributed by atoms with Crippen LogP contribution in [0.25, 0.3) is 22.2 Å². The monoisotopic (exact) mass is 838 g/mol. The highest BCUT2D eigenvalue weighted by atomic mass is 31.2. The van der Waals surface area contributed by atoms with Gasteiger partial charge in [0, 0.05) is 35.4 Å². The average Bonchev–Trinajstić information content (AvgIpc) is 3.48. The predicted molar refractivity (Wildman–Crippen MR) is 229 cm³/mol. The minimum atomic E-state index is -4.08. The van der Waals surface area contributed by atoms with E-state index in [0.29, 0.717) is 39.4 Å². The molecule has 2 unspecified atom stereocenters. The fourth-order valence-corrected chi connectivity index (χ4v) is 10.9. The van der Waals surface area contributed by atoms with Crippen molar-refractivity contribution in [2.24, 2.45) is 11.3 Å². The van der Waals surface area contributed by atoms with Crippen LogP contribution < -0.4 is 24.8 Å². The lowest BCUT2D eigenvalue weighted by molar-refractivity contribution is -0.142. The molecule has 4 aromatic rings. The third kappa shape index (κ3) is 8.88. The number of para-hydroxylation sites is 1. The van der Waals surface area contributed by atoms with Crippen molar-refractivity contribution in [2.45, 2.75) is 95.0 Å². The van der Waals surface area contributed by atoms with Gasteiger partial charge in [0.1, 0.15) is 46.8 Å². The molecule has 0 spiro atoms. The number of hydrogen-bond donors (Lipinski definition) is 3. The van der Waals surface area contributed by atoms with Gasteiger partial charge in [0.05, 0.1) is 38.1 Å². The number of rotatable bonds is 14. The van der Waals surface area contributed by atoms with Crippen LogP contribution in [0.5, 0.6) is 17.2 Å². The molecule has 0 radical (unpaired) electrons. The fraction of sp³-hybridized carbons (Fsp3) is 0.435. The number of aromatic nitrogens is 1. The van der Waals surface area contributed by atoms with E-state index in [1.807, 2.05) is 63.2 Å². The molecule has 3 aliphatic rings. The summed E-state index contributed by atoms with van der Waals surface area (Å²) in [5.74, 6) is 0.112. The maximum Gasteiger partial charge on any atom is 0.408 e. The van der Waals surface area contributed by atoms with E-state index in [0.717, 1.165) is 31.2 Å². The summed E-state index contributed by atoms with van der Waals surface area (Å²) in [6, 6.07) is 21.5. The molecule has 13 nitrogen and oxygen atoms in total. The van der Waals surface area contributed by atoms with Crippen LogP contribution in [0.3, 0.4) is 0 Å². The summed E-state index contributed by atoms with van der Waals surface area (Å²) in [6.07, 6.45) is 3.53. The Labute approximate surface area is 351 Å². The minimum absolute atomic E-state index is 0.0223. The van der Waals surface area contributed by atoms with Gasteiger partial charge in [-0.3, -0.25) is 14.2 Å². The first-order valence-corrected chi connectivity index (χ1v) is 22.4. The van der Waals surface area contributed by atoms with E-state index in [4.69, 9.17) is 23.9 Å². The first-order chi connectivity index (χ1) is 28.7. The van der Waals surface area contributed by atoms with Gasteiger partial charge in [0.2, 0.25) is 19.2 Å². The number of ether oxygens (including phenoxy) is 4. The highest BCUT2D eigenvalue weighted by Crippen LogP contribution is 2.70. The van der Waals surface area contributed by atoms with E-state index >= 15 is 0 Å². The zero-order valence-corrected chi connectivity index (χ0v) is 35.8. The second kappa shape index (κ2) is 17.3. The number of methoxy groups -OCH3 is 2. The van der Waals surface area contributed by atoms with Crippen molar-refractivity contribution in [1.82, 2.24) is 20.5 Å². The number of pyridine rings is 1. The van der Waals surface area contributed by atoms with E-state index in [9.17, 15) is 23.8 Å². The highest BCUT2D eigenvalue weighted by Gasteiger charge is 2.65. The molecular formula is C46H55N4O9P. The van der Waals surface area contributed by atoms with Crippen LogP contribution in [0.4, 0.5) is 4.79 Å². The fourth-order valence-electron chi connectivity index (χ4n) is 8.53. The molecule has 1 aromatic heterocycles. The van der Waals surface area contributed by atoms with Crippen molar-refractivity contribution in [3.8, 4) is 28.5 Å². The summed E-state index contributed by atoms with van der Waals surface area (Å²) in [5, 5.41) is 5.01. The molecule has 0 bridgehead atoms. The summed E-state index contributed by atoms with van der Waals surface area (Å²) < 4.78 is 38.0. The van der Waals surface area contributed by atoms with E-state index in [-0.39, 0.29) is 31.7 Å². The van der Waals surface area contributed by atoms with Gasteiger partial charge in [-0.1, -0.05) is 69.3 Å². The number of nitrogens with one attached hydrogen (secondary N) is 2. The molecule has 3 amide bonds. The van der Waals surface area contributed by atoms with Gasteiger partial charge in [-0.05, 0) is 67.3 Å². The lowest BCUT2D eigenvalue weighted by Crippen LogP contribution is -2.58. The third-order valence-electron chi connectivity index (χ3n) is 11.9.